The predicted molar refractivity (Wildman–Crippen MR) is 63.0 cm³/mol. The summed E-state index contributed by atoms with van der Waals surface area (Å²) in [5, 5.41) is 9.22. The van der Waals surface area contributed by atoms with E-state index in [2.05, 4.69) is 0 Å². The summed E-state index contributed by atoms with van der Waals surface area (Å²) in [4.78, 5) is 0. The molecule has 0 radical (unpaired) electrons. The van der Waals surface area contributed by atoms with Gasteiger partial charge in [-0.25, -0.2) is 4.39 Å². The number of rotatable bonds is 3. The highest BCUT2D eigenvalue weighted by atomic mass is 19.1. The minimum absolute atomic E-state index is 0.194. The van der Waals surface area contributed by atoms with Gasteiger partial charge in [-0.05, 0) is 42.4 Å². The van der Waals surface area contributed by atoms with Crippen molar-refractivity contribution in [2.24, 2.45) is 0 Å². The topological polar surface area (TPSA) is 20.2 Å². The van der Waals surface area contributed by atoms with E-state index in [4.69, 9.17) is 0 Å². The van der Waals surface area contributed by atoms with Crippen LogP contribution in [0.3, 0.4) is 0 Å². The van der Waals surface area contributed by atoms with Crippen molar-refractivity contribution < 1.29 is 9.50 Å². The molecule has 1 nitrogen and oxygen atoms in total. The minimum atomic E-state index is -0.373. The van der Waals surface area contributed by atoms with E-state index in [-0.39, 0.29) is 17.1 Å². The number of hydrogen-bond donors (Lipinski definition) is 1. The lowest BCUT2D eigenvalue weighted by Crippen LogP contribution is -2.34. The maximum Gasteiger partial charge on any atom is 0.168 e. The van der Waals surface area contributed by atoms with Gasteiger partial charge in [-0.3, -0.25) is 0 Å². The number of hydrogen-bond acceptors (Lipinski definition) is 1. The fourth-order valence-electron chi connectivity index (χ4n) is 2.17. The molecule has 0 spiro atoms. The van der Waals surface area contributed by atoms with Gasteiger partial charge >= 0.3 is 0 Å². The van der Waals surface area contributed by atoms with Gasteiger partial charge in [-0.1, -0.05) is 19.9 Å². The van der Waals surface area contributed by atoms with E-state index in [1.807, 2.05) is 20.8 Å². The largest absolute Gasteiger partial charge is 0.402 e. The molecule has 1 N–H and O–H groups in total. The van der Waals surface area contributed by atoms with Gasteiger partial charge in [0.05, 0.1) is 0 Å². The van der Waals surface area contributed by atoms with Crippen molar-refractivity contribution in [3.63, 3.8) is 0 Å². The molecule has 82 valence electrons. The molecule has 0 amide bonds. The summed E-state index contributed by atoms with van der Waals surface area (Å²) in [5.74, 6) is -0.214. The summed E-state index contributed by atoms with van der Waals surface area (Å²) < 4.78 is 13.2. The molecule has 0 heterocycles. The maximum atomic E-state index is 13.2. The zero-order valence-corrected chi connectivity index (χ0v) is 9.84. The van der Waals surface area contributed by atoms with Crippen LogP contribution in [0, 0.1) is 12.7 Å². The third kappa shape index (κ3) is 3.06. The molecule has 15 heavy (non-hydrogen) atoms. The lowest BCUT2D eigenvalue weighted by atomic mass is 9.48. The van der Waals surface area contributed by atoms with Crippen molar-refractivity contribution in [2.45, 2.75) is 39.0 Å². The summed E-state index contributed by atoms with van der Waals surface area (Å²) >= 11 is 0. The van der Waals surface area contributed by atoms with Gasteiger partial charge in [-0.15, -0.1) is 0 Å². The van der Waals surface area contributed by atoms with Crippen LogP contribution in [-0.4, -0.2) is 18.4 Å². The van der Waals surface area contributed by atoms with E-state index < -0.39 is 0 Å². The average molecular weight is 208 g/mol. The molecule has 1 unspecified atom stereocenters. The van der Waals surface area contributed by atoms with E-state index in [9.17, 15) is 9.50 Å². The predicted octanol–water partition coefficient (Wildman–Crippen LogP) is 2.14. The summed E-state index contributed by atoms with van der Waals surface area (Å²) in [6, 6.07) is 4.45. The van der Waals surface area contributed by atoms with E-state index in [1.54, 1.807) is 19.1 Å². The van der Waals surface area contributed by atoms with E-state index in [1.165, 1.54) is 6.07 Å². The Morgan fingerprint density at radius 2 is 2.00 bits per heavy atom. The third-order valence-electron chi connectivity index (χ3n) is 2.73. The van der Waals surface area contributed by atoms with E-state index >= 15 is 0 Å². The number of aliphatic hydroxyl groups is 1. The molecular weight excluding hydrogens is 190 g/mol. The van der Waals surface area contributed by atoms with Gasteiger partial charge < -0.3 is 5.11 Å². The number of halogens is 1. The quantitative estimate of drug-likeness (QED) is 0.754. The normalized spacial score (nSPS) is 13.7. The van der Waals surface area contributed by atoms with Crippen LogP contribution in [0.4, 0.5) is 4.39 Å². The van der Waals surface area contributed by atoms with Crippen LogP contribution < -0.4 is 0 Å². The minimum Gasteiger partial charge on any atom is -0.402 e. The van der Waals surface area contributed by atoms with Crippen LogP contribution in [-0.2, 0) is 5.31 Å². The van der Waals surface area contributed by atoms with Crippen LogP contribution >= 0.6 is 0 Å². The Balaban J connectivity index is 3.08. The van der Waals surface area contributed by atoms with Crippen molar-refractivity contribution >= 4 is 7.28 Å². The molecule has 0 fully saturated rings. The second kappa shape index (κ2) is 4.36. The number of aryl methyl sites for hydroxylation is 1. The molecular formula is C12H18BFO. The van der Waals surface area contributed by atoms with Crippen molar-refractivity contribution in [1.82, 2.24) is 0 Å². The Morgan fingerprint density at radius 3 is 2.53 bits per heavy atom. The fraction of sp³-hybridized carbons (Fsp3) is 0.500. The third-order valence-corrected chi connectivity index (χ3v) is 2.73. The number of benzene rings is 1. The summed E-state index contributed by atoms with van der Waals surface area (Å²) in [5.41, 5.74) is 2.05. The number of aliphatic hydroxyl groups excluding tert-OH is 1. The van der Waals surface area contributed by atoms with Gasteiger partial charge in [0, 0.05) is 6.00 Å². The zero-order chi connectivity index (χ0) is 11.6. The van der Waals surface area contributed by atoms with Gasteiger partial charge in [0.25, 0.3) is 0 Å². The molecule has 1 rings (SSSR count). The zero-order valence-electron chi connectivity index (χ0n) is 9.84. The van der Waals surface area contributed by atoms with Crippen molar-refractivity contribution in [3.8, 4) is 0 Å². The molecule has 0 aliphatic carbocycles. The van der Waals surface area contributed by atoms with Crippen LogP contribution in [0.5, 0.6) is 0 Å². The summed E-state index contributed by atoms with van der Waals surface area (Å²) in [6.07, 6.45) is 0. The Labute approximate surface area is 91.6 Å². The fourth-order valence-corrected chi connectivity index (χ4v) is 2.17. The molecule has 0 aromatic heterocycles. The molecule has 0 saturated heterocycles. The van der Waals surface area contributed by atoms with Gasteiger partial charge in [0.1, 0.15) is 5.82 Å². The first-order chi connectivity index (χ1) is 6.83. The molecule has 0 aliphatic heterocycles. The SMILES string of the molecule is Cc1ccc(F)cc1C(C)(C)BC(C)O. The first-order valence-corrected chi connectivity index (χ1v) is 5.27. The Hall–Kier alpha value is -0.825. The van der Waals surface area contributed by atoms with Crippen LogP contribution in [0.25, 0.3) is 0 Å². The lowest BCUT2D eigenvalue weighted by molar-refractivity contribution is 0.268. The van der Waals surface area contributed by atoms with E-state index in [0.29, 0.717) is 7.28 Å². The van der Waals surface area contributed by atoms with Gasteiger partial charge in [0.15, 0.2) is 7.28 Å². The highest BCUT2D eigenvalue weighted by molar-refractivity contribution is 6.41. The average Bonchev–Trinajstić information content (AvgIpc) is 2.06. The molecule has 0 bridgehead atoms. The van der Waals surface area contributed by atoms with Gasteiger partial charge in [-0.2, -0.15) is 0 Å². The second-order valence-corrected chi connectivity index (χ2v) is 4.90. The van der Waals surface area contributed by atoms with E-state index in [0.717, 1.165) is 11.1 Å². The van der Waals surface area contributed by atoms with Crippen LogP contribution in [0.2, 0.25) is 0 Å². The second-order valence-electron chi connectivity index (χ2n) is 4.90. The highest BCUT2D eigenvalue weighted by Gasteiger charge is 2.26. The van der Waals surface area contributed by atoms with Crippen molar-refractivity contribution in [2.75, 3.05) is 0 Å². The van der Waals surface area contributed by atoms with Gasteiger partial charge in [0.2, 0.25) is 0 Å². The molecule has 1 aromatic carbocycles. The van der Waals surface area contributed by atoms with Crippen molar-refractivity contribution in [3.05, 3.63) is 35.1 Å². The Morgan fingerprint density at radius 1 is 1.40 bits per heavy atom. The Kier molecular flexibility index (Phi) is 3.56. The maximum absolute atomic E-state index is 13.2. The Bertz CT molecular complexity index is 347. The first-order valence-electron chi connectivity index (χ1n) is 5.27. The van der Waals surface area contributed by atoms with Crippen LogP contribution in [0.1, 0.15) is 31.9 Å². The standard InChI is InChI=1S/C12H18BFO/c1-8-5-6-10(14)7-11(8)12(3,4)13-9(2)15/h5-7,9,13,15H,1-4H3. The molecule has 0 aliphatic rings. The molecule has 1 aromatic rings. The molecule has 1 atom stereocenters. The summed E-state index contributed by atoms with van der Waals surface area (Å²) in [6.45, 7) is 7.79. The van der Waals surface area contributed by atoms with Crippen LogP contribution in [0.15, 0.2) is 18.2 Å². The monoisotopic (exact) mass is 208 g/mol. The molecule has 0 saturated carbocycles. The summed E-state index contributed by atoms with van der Waals surface area (Å²) in [7, 11) is 0.636. The first kappa shape index (κ1) is 12.2. The molecule has 3 heteroatoms. The lowest BCUT2D eigenvalue weighted by Gasteiger charge is -2.27. The van der Waals surface area contributed by atoms with Crippen molar-refractivity contribution in [1.29, 1.82) is 0 Å². The highest BCUT2D eigenvalue weighted by Crippen LogP contribution is 2.26. The smallest absolute Gasteiger partial charge is 0.168 e.